The second-order valence-corrected chi connectivity index (χ2v) is 4.61. The standard InChI is InChI=1S/C13H16N4O/c1-8-15-10-5-3-2-4-9(10)13(16-8)17-11-6-14-7-12(11)18/h2-5,11-12,14,18H,6-7H2,1H3,(H,15,16,17)/t11-,12-/m1/s1. The number of anilines is 1. The maximum Gasteiger partial charge on any atom is 0.137 e. The molecule has 0 amide bonds. The van der Waals surface area contributed by atoms with Gasteiger partial charge in [0.05, 0.1) is 17.7 Å². The van der Waals surface area contributed by atoms with Crippen LogP contribution in [0, 0.1) is 6.92 Å². The van der Waals surface area contributed by atoms with Gasteiger partial charge in [0.25, 0.3) is 0 Å². The third kappa shape index (κ3) is 2.02. The molecule has 1 aromatic heterocycles. The third-order valence-electron chi connectivity index (χ3n) is 3.22. The first-order valence-corrected chi connectivity index (χ1v) is 6.13. The van der Waals surface area contributed by atoms with E-state index in [4.69, 9.17) is 0 Å². The van der Waals surface area contributed by atoms with E-state index in [-0.39, 0.29) is 12.1 Å². The number of fused-ring (bicyclic) bond motifs is 1. The van der Waals surface area contributed by atoms with E-state index in [0.717, 1.165) is 29.1 Å². The highest BCUT2D eigenvalue weighted by atomic mass is 16.3. The summed E-state index contributed by atoms with van der Waals surface area (Å²) in [6.07, 6.45) is -0.376. The Balaban J connectivity index is 2.00. The molecule has 3 rings (SSSR count). The molecule has 0 unspecified atom stereocenters. The fourth-order valence-electron chi connectivity index (χ4n) is 2.29. The second-order valence-electron chi connectivity index (χ2n) is 4.61. The number of aryl methyl sites for hydroxylation is 1. The zero-order valence-corrected chi connectivity index (χ0v) is 10.2. The molecule has 1 aromatic carbocycles. The number of aromatic nitrogens is 2. The molecule has 1 saturated heterocycles. The fraction of sp³-hybridized carbons (Fsp3) is 0.385. The Hall–Kier alpha value is -1.72. The number of rotatable bonds is 2. The average Bonchev–Trinajstić information content (AvgIpc) is 2.75. The average molecular weight is 244 g/mol. The molecular formula is C13H16N4O. The monoisotopic (exact) mass is 244 g/mol. The van der Waals surface area contributed by atoms with E-state index in [1.54, 1.807) is 0 Å². The molecule has 94 valence electrons. The minimum Gasteiger partial charge on any atom is -0.390 e. The summed E-state index contributed by atoms with van der Waals surface area (Å²) in [5, 5.41) is 17.3. The van der Waals surface area contributed by atoms with E-state index < -0.39 is 0 Å². The normalized spacial score (nSPS) is 23.4. The largest absolute Gasteiger partial charge is 0.390 e. The Morgan fingerprint density at radius 2 is 2.11 bits per heavy atom. The maximum absolute atomic E-state index is 9.82. The van der Waals surface area contributed by atoms with E-state index in [9.17, 15) is 5.11 Å². The number of benzene rings is 1. The highest BCUT2D eigenvalue weighted by Crippen LogP contribution is 2.21. The van der Waals surface area contributed by atoms with Crippen molar-refractivity contribution in [3.63, 3.8) is 0 Å². The van der Waals surface area contributed by atoms with Crippen LogP contribution in [0.4, 0.5) is 5.82 Å². The number of hydrogen-bond acceptors (Lipinski definition) is 5. The summed E-state index contributed by atoms with van der Waals surface area (Å²) >= 11 is 0. The molecule has 0 saturated carbocycles. The van der Waals surface area contributed by atoms with Gasteiger partial charge in [0.1, 0.15) is 11.6 Å². The van der Waals surface area contributed by atoms with E-state index in [1.807, 2.05) is 31.2 Å². The number of hydrogen-bond donors (Lipinski definition) is 3. The van der Waals surface area contributed by atoms with Crippen molar-refractivity contribution in [2.75, 3.05) is 18.4 Å². The molecule has 3 N–H and O–H groups in total. The van der Waals surface area contributed by atoms with Gasteiger partial charge in [0.2, 0.25) is 0 Å². The van der Waals surface area contributed by atoms with Gasteiger partial charge in [-0.2, -0.15) is 0 Å². The van der Waals surface area contributed by atoms with Crippen LogP contribution in [0.1, 0.15) is 5.82 Å². The van der Waals surface area contributed by atoms with Crippen LogP contribution in [0.5, 0.6) is 0 Å². The SMILES string of the molecule is Cc1nc(N[C@@H]2CNC[C@H]2O)c2ccccc2n1. The molecule has 5 nitrogen and oxygen atoms in total. The molecule has 18 heavy (non-hydrogen) atoms. The topological polar surface area (TPSA) is 70.1 Å². The molecule has 0 aliphatic carbocycles. The van der Waals surface area contributed by atoms with E-state index >= 15 is 0 Å². The van der Waals surface area contributed by atoms with Gasteiger partial charge in [-0.3, -0.25) is 0 Å². The van der Waals surface area contributed by atoms with Crippen molar-refractivity contribution < 1.29 is 5.11 Å². The molecule has 2 atom stereocenters. The van der Waals surface area contributed by atoms with Crippen LogP contribution in [0.15, 0.2) is 24.3 Å². The summed E-state index contributed by atoms with van der Waals surface area (Å²) in [6, 6.07) is 7.90. The van der Waals surface area contributed by atoms with Gasteiger partial charge >= 0.3 is 0 Å². The van der Waals surface area contributed by atoms with Gasteiger partial charge in [-0.05, 0) is 19.1 Å². The maximum atomic E-state index is 9.82. The van der Waals surface area contributed by atoms with Crippen molar-refractivity contribution in [3.8, 4) is 0 Å². The lowest BCUT2D eigenvalue weighted by molar-refractivity contribution is 0.185. The fourth-order valence-corrected chi connectivity index (χ4v) is 2.29. The van der Waals surface area contributed by atoms with E-state index in [1.165, 1.54) is 0 Å². The Kier molecular flexibility index (Phi) is 2.85. The van der Waals surface area contributed by atoms with Crippen LogP contribution in [0.25, 0.3) is 10.9 Å². The van der Waals surface area contributed by atoms with Gasteiger partial charge in [-0.1, -0.05) is 12.1 Å². The predicted octanol–water partition coefficient (Wildman–Crippen LogP) is 0.683. The number of nitrogens with zero attached hydrogens (tertiary/aromatic N) is 2. The Morgan fingerprint density at radius 3 is 2.89 bits per heavy atom. The molecule has 2 heterocycles. The van der Waals surface area contributed by atoms with Crippen molar-refractivity contribution in [2.45, 2.75) is 19.1 Å². The lowest BCUT2D eigenvalue weighted by atomic mass is 10.2. The Bertz CT molecular complexity index is 572. The van der Waals surface area contributed by atoms with Gasteiger partial charge in [-0.15, -0.1) is 0 Å². The lowest BCUT2D eigenvalue weighted by Crippen LogP contribution is -2.32. The summed E-state index contributed by atoms with van der Waals surface area (Å²) in [7, 11) is 0. The molecule has 0 radical (unpaired) electrons. The molecule has 0 spiro atoms. The van der Waals surface area contributed by atoms with E-state index in [2.05, 4.69) is 20.6 Å². The zero-order valence-electron chi connectivity index (χ0n) is 10.2. The summed E-state index contributed by atoms with van der Waals surface area (Å²) in [6.45, 7) is 3.25. The Morgan fingerprint density at radius 1 is 1.28 bits per heavy atom. The molecule has 1 aliphatic rings. The van der Waals surface area contributed by atoms with Crippen molar-refractivity contribution in [3.05, 3.63) is 30.1 Å². The van der Waals surface area contributed by atoms with Crippen molar-refractivity contribution in [1.82, 2.24) is 15.3 Å². The highest BCUT2D eigenvalue weighted by molar-refractivity contribution is 5.89. The van der Waals surface area contributed by atoms with Crippen LogP contribution < -0.4 is 10.6 Å². The van der Waals surface area contributed by atoms with Crippen LogP contribution in [0.2, 0.25) is 0 Å². The van der Waals surface area contributed by atoms with Gasteiger partial charge in [0, 0.05) is 18.5 Å². The summed E-state index contributed by atoms with van der Waals surface area (Å²) < 4.78 is 0. The summed E-state index contributed by atoms with van der Waals surface area (Å²) in [5.41, 5.74) is 0.924. The molecular weight excluding hydrogens is 228 g/mol. The number of para-hydroxylation sites is 1. The van der Waals surface area contributed by atoms with Crippen LogP contribution in [-0.2, 0) is 0 Å². The zero-order chi connectivity index (χ0) is 12.5. The van der Waals surface area contributed by atoms with Gasteiger partial charge < -0.3 is 15.7 Å². The highest BCUT2D eigenvalue weighted by Gasteiger charge is 2.25. The Labute approximate surface area is 105 Å². The molecule has 0 bridgehead atoms. The molecule has 1 fully saturated rings. The smallest absolute Gasteiger partial charge is 0.137 e. The first kappa shape index (κ1) is 11.4. The summed E-state index contributed by atoms with van der Waals surface area (Å²) in [4.78, 5) is 8.84. The first-order valence-electron chi connectivity index (χ1n) is 6.13. The van der Waals surface area contributed by atoms with Crippen molar-refractivity contribution in [1.29, 1.82) is 0 Å². The second kappa shape index (κ2) is 4.51. The van der Waals surface area contributed by atoms with Crippen LogP contribution in [-0.4, -0.2) is 40.3 Å². The van der Waals surface area contributed by atoms with E-state index in [0.29, 0.717) is 6.54 Å². The van der Waals surface area contributed by atoms with Gasteiger partial charge in [-0.25, -0.2) is 9.97 Å². The third-order valence-corrected chi connectivity index (χ3v) is 3.22. The first-order chi connectivity index (χ1) is 8.74. The van der Waals surface area contributed by atoms with Crippen LogP contribution in [0.3, 0.4) is 0 Å². The molecule has 5 heteroatoms. The number of aliphatic hydroxyl groups excluding tert-OH is 1. The lowest BCUT2D eigenvalue weighted by Gasteiger charge is -2.17. The minimum absolute atomic E-state index is 0.00251. The molecule has 2 aromatic rings. The summed E-state index contributed by atoms with van der Waals surface area (Å²) in [5.74, 6) is 1.53. The quantitative estimate of drug-likeness (QED) is 0.725. The number of β-amino-alcohol motifs (C(OH)–C–C–N with tert-alkyl or cyclic N) is 1. The van der Waals surface area contributed by atoms with Crippen LogP contribution >= 0.6 is 0 Å². The van der Waals surface area contributed by atoms with Crippen molar-refractivity contribution in [2.24, 2.45) is 0 Å². The number of aliphatic hydroxyl groups is 1. The number of nitrogens with one attached hydrogen (secondary N) is 2. The minimum atomic E-state index is -0.376. The molecule has 1 aliphatic heterocycles. The predicted molar refractivity (Wildman–Crippen MR) is 70.6 cm³/mol. The van der Waals surface area contributed by atoms with Crippen molar-refractivity contribution >= 4 is 16.7 Å². The van der Waals surface area contributed by atoms with Gasteiger partial charge in [0.15, 0.2) is 0 Å².